The second-order valence-electron chi connectivity index (χ2n) is 8.15. The lowest BCUT2D eigenvalue weighted by Crippen LogP contribution is -2.53. The smallest absolute Gasteiger partial charge is 0.261 e. The molecule has 0 bridgehead atoms. The molecular formula is C23H28Cl2N2O4. The number of ether oxygens (including phenoxy) is 2. The number of hydrogen-bond acceptors (Lipinski definition) is 4. The first-order valence-corrected chi connectivity index (χ1v) is 10.6. The van der Waals surface area contributed by atoms with E-state index in [0.29, 0.717) is 21.5 Å². The van der Waals surface area contributed by atoms with Crippen LogP contribution in [0.25, 0.3) is 0 Å². The maximum Gasteiger partial charge on any atom is 0.261 e. The maximum absolute atomic E-state index is 13.0. The second kappa shape index (κ2) is 10.7. The van der Waals surface area contributed by atoms with Crippen molar-refractivity contribution in [1.82, 2.24) is 10.2 Å². The molecule has 168 valence electrons. The van der Waals surface area contributed by atoms with Gasteiger partial charge in [0.25, 0.3) is 5.91 Å². The van der Waals surface area contributed by atoms with Crippen molar-refractivity contribution >= 4 is 35.0 Å². The summed E-state index contributed by atoms with van der Waals surface area (Å²) in [6, 6.07) is 11.3. The van der Waals surface area contributed by atoms with Crippen molar-refractivity contribution in [3.63, 3.8) is 0 Å². The van der Waals surface area contributed by atoms with Crippen LogP contribution in [0, 0.1) is 0 Å². The van der Waals surface area contributed by atoms with Gasteiger partial charge in [-0.15, -0.1) is 0 Å². The molecule has 2 aromatic rings. The van der Waals surface area contributed by atoms with Crippen molar-refractivity contribution in [2.75, 3.05) is 13.7 Å². The van der Waals surface area contributed by atoms with Crippen molar-refractivity contribution in [3.8, 4) is 11.5 Å². The fourth-order valence-corrected chi connectivity index (χ4v) is 3.11. The van der Waals surface area contributed by atoms with Crippen LogP contribution in [0.3, 0.4) is 0 Å². The molecule has 0 saturated carbocycles. The summed E-state index contributed by atoms with van der Waals surface area (Å²) in [7, 11) is 1.57. The Balaban J connectivity index is 2.18. The van der Waals surface area contributed by atoms with Gasteiger partial charge >= 0.3 is 0 Å². The molecule has 0 radical (unpaired) electrons. The van der Waals surface area contributed by atoms with Crippen molar-refractivity contribution in [1.29, 1.82) is 0 Å². The van der Waals surface area contributed by atoms with E-state index in [9.17, 15) is 9.59 Å². The number of nitrogens with one attached hydrogen (secondary N) is 1. The molecule has 6 nitrogen and oxygen atoms in total. The topological polar surface area (TPSA) is 67.9 Å². The molecule has 8 heteroatoms. The average molecular weight is 467 g/mol. The van der Waals surface area contributed by atoms with Gasteiger partial charge in [0, 0.05) is 12.1 Å². The number of halogens is 2. The lowest BCUT2D eigenvalue weighted by Gasteiger charge is -2.31. The Morgan fingerprint density at radius 3 is 2.19 bits per heavy atom. The van der Waals surface area contributed by atoms with Crippen LogP contribution < -0.4 is 14.8 Å². The van der Waals surface area contributed by atoms with Gasteiger partial charge in [-0.3, -0.25) is 9.59 Å². The highest BCUT2D eigenvalue weighted by atomic mass is 35.5. The van der Waals surface area contributed by atoms with Gasteiger partial charge in [0.2, 0.25) is 5.91 Å². The van der Waals surface area contributed by atoms with Crippen LogP contribution in [0.2, 0.25) is 10.0 Å². The Morgan fingerprint density at radius 1 is 1.03 bits per heavy atom. The lowest BCUT2D eigenvalue weighted by molar-refractivity contribution is -0.142. The lowest BCUT2D eigenvalue weighted by atomic mass is 10.1. The number of hydrogen-bond donors (Lipinski definition) is 1. The Hall–Kier alpha value is -2.44. The van der Waals surface area contributed by atoms with E-state index in [2.05, 4.69) is 5.32 Å². The van der Waals surface area contributed by atoms with Crippen LogP contribution in [0.15, 0.2) is 42.5 Å². The largest absolute Gasteiger partial charge is 0.497 e. The van der Waals surface area contributed by atoms with E-state index >= 15 is 0 Å². The highest BCUT2D eigenvalue weighted by molar-refractivity contribution is 6.42. The van der Waals surface area contributed by atoms with Crippen LogP contribution in [0.5, 0.6) is 11.5 Å². The summed E-state index contributed by atoms with van der Waals surface area (Å²) >= 11 is 12.1. The van der Waals surface area contributed by atoms with Crippen LogP contribution in [-0.2, 0) is 16.1 Å². The molecule has 0 aliphatic rings. The number of carbonyl (C=O) groups excluding carboxylic acids is 2. The highest BCUT2D eigenvalue weighted by Crippen LogP contribution is 2.24. The van der Waals surface area contributed by atoms with Crippen molar-refractivity contribution in [3.05, 3.63) is 58.1 Å². The molecule has 0 fully saturated rings. The third-order valence-electron chi connectivity index (χ3n) is 4.42. The minimum Gasteiger partial charge on any atom is -0.497 e. The number of nitrogens with zero attached hydrogens (tertiary/aromatic N) is 1. The molecule has 0 saturated heterocycles. The molecule has 31 heavy (non-hydrogen) atoms. The van der Waals surface area contributed by atoms with Gasteiger partial charge in [0.15, 0.2) is 6.61 Å². The summed E-state index contributed by atoms with van der Waals surface area (Å²) in [5.74, 6) is 0.617. The Kier molecular flexibility index (Phi) is 8.60. The molecule has 2 amide bonds. The van der Waals surface area contributed by atoms with Gasteiger partial charge in [-0.2, -0.15) is 0 Å². The molecule has 0 aliphatic heterocycles. The summed E-state index contributed by atoms with van der Waals surface area (Å²) in [4.78, 5) is 27.3. The van der Waals surface area contributed by atoms with Crippen molar-refractivity contribution in [2.24, 2.45) is 0 Å². The Bertz CT molecular complexity index is 911. The van der Waals surface area contributed by atoms with Gasteiger partial charge in [0.05, 0.1) is 17.2 Å². The molecule has 0 spiro atoms. The zero-order valence-corrected chi connectivity index (χ0v) is 19.9. The third kappa shape index (κ3) is 7.64. The first-order valence-electron chi connectivity index (χ1n) is 9.82. The molecule has 2 aromatic carbocycles. The Labute approximate surface area is 193 Å². The fourth-order valence-electron chi connectivity index (χ4n) is 2.79. The maximum atomic E-state index is 13.0. The van der Waals surface area contributed by atoms with Gasteiger partial charge in [-0.05, 0) is 69.7 Å². The Morgan fingerprint density at radius 2 is 1.65 bits per heavy atom. The minimum atomic E-state index is -0.722. The van der Waals surface area contributed by atoms with E-state index in [0.717, 1.165) is 5.56 Å². The molecule has 0 aliphatic carbocycles. The second-order valence-corrected chi connectivity index (χ2v) is 8.96. The molecule has 0 aromatic heterocycles. The molecule has 1 atom stereocenters. The van der Waals surface area contributed by atoms with Crippen molar-refractivity contribution < 1.29 is 19.1 Å². The van der Waals surface area contributed by atoms with E-state index < -0.39 is 11.6 Å². The molecule has 1 unspecified atom stereocenters. The van der Waals surface area contributed by atoms with Crippen LogP contribution >= 0.6 is 23.2 Å². The van der Waals surface area contributed by atoms with Crippen LogP contribution in [0.4, 0.5) is 0 Å². The van der Waals surface area contributed by atoms with E-state index in [4.69, 9.17) is 32.7 Å². The predicted octanol–water partition coefficient (Wildman–Crippen LogP) is 4.71. The van der Waals surface area contributed by atoms with Gasteiger partial charge < -0.3 is 19.7 Å². The molecule has 1 N–H and O–H groups in total. The average Bonchev–Trinajstić information content (AvgIpc) is 2.71. The number of benzene rings is 2. The zero-order chi connectivity index (χ0) is 23.2. The summed E-state index contributed by atoms with van der Waals surface area (Å²) in [6.45, 7) is 7.30. The molecule has 0 heterocycles. The standard InChI is InChI=1S/C23H28Cl2N2O4/c1-15(22(29)26-23(2,3)4)27(13-16-6-11-19(24)20(25)12-16)21(28)14-31-18-9-7-17(30-5)8-10-18/h6-12,15H,13-14H2,1-5H3,(H,26,29). The van der Waals surface area contributed by atoms with Gasteiger partial charge in [-0.25, -0.2) is 0 Å². The predicted molar refractivity (Wildman–Crippen MR) is 123 cm³/mol. The van der Waals surface area contributed by atoms with E-state index in [1.807, 2.05) is 20.8 Å². The van der Waals surface area contributed by atoms with E-state index in [1.165, 1.54) is 4.90 Å². The van der Waals surface area contributed by atoms with Crippen LogP contribution in [-0.4, -0.2) is 42.0 Å². The molecule has 2 rings (SSSR count). The zero-order valence-electron chi connectivity index (χ0n) is 18.4. The minimum absolute atomic E-state index is 0.181. The monoisotopic (exact) mass is 466 g/mol. The number of methoxy groups -OCH3 is 1. The van der Waals surface area contributed by atoms with Gasteiger partial charge in [0.1, 0.15) is 17.5 Å². The fraction of sp³-hybridized carbons (Fsp3) is 0.391. The van der Waals surface area contributed by atoms with E-state index in [-0.39, 0.29) is 25.0 Å². The van der Waals surface area contributed by atoms with Crippen LogP contribution in [0.1, 0.15) is 33.3 Å². The quantitative estimate of drug-likeness (QED) is 0.611. The third-order valence-corrected chi connectivity index (χ3v) is 5.16. The summed E-state index contributed by atoms with van der Waals surface area (Å²) in [5, 5.41) is 3.72. The van der Waals surface area contributed by atoms with E-state index in [1.54, 1.807) is 56.5 Å². The first kappa shape index (κ1) is 24.8. The number of rotatable bonds is 8. The summed E-state index contributed by atoms with van der Waals surface area (Å²) in [6.07, 6.45) is 0. The first-order chi connectivity index (χ1) is 14.5. The summed E-state index contributed by atoms with van der Waals surface area (Å²) in [5.41, 5.74) is 0.325. The summed E-state index contributed by atoms with van der Waals surface area (Å²) < 4.78 is 10.8. The number of carbonyl (C=O) groups is 2. The molecular weight excluding hydrogens is 439 g/mol. The normalized spacial score (nSPS) is 12.1. The number of amides is 2. The van der Waals surface area contributed by atoms with Crippen molar-refractivity contribution in [2.45, 2.75) is 45.8 Å². The SMILES string of the molecule is COc1ccc(OCC(=O)N(Cc2ccc(Cl)c(Cl)c2)C(C)C(=O)NC(C)(C)C)cc1. The van der Waals surface area contributed by atoms with Gasteiger partial charge in [-0.1, -0.05) is 29.3 Å². The highest BCUT2D eigenvalue weighted by Gasteiger charge is 2.28.